The van der Waals surface area contributed by atoms with Crippen LogP contribution in [0.25, 0.3) is 5.76 Å². The molecule has 5 nitrogen and oxygen atoms in total. The van der Waals surface area contributed by atoms with Crippen molar-refractivity contribution in [2.24, 2.45) is 17.3 Å². The molecule has 1 saturated carbocycles. The number of aliphatic hydroxyl groups excluding tert-OH is 2. The summed E-state index contributed by atoms with van der Waals surface area (Å²) in [6.07, 6.45) is 5.39. The standard InChI is InChI=1S/C33H42O5/c1-20(2)13-17-33(18-14-21(3)4)30(36)25(19-26-24(22(5)6)15-16-32(26,7)38)29(35)27(31(33)37)28(34)23-11-9-8-10-12-23/h8-14,24,26,34-35,38H,5,15-19H2,1-4,6-7H3/b28-27-/t24-,26-,32+/m0/s1. The Morgan fingerprint density at radius 1 is 1.00 bits per heavy atom. The van der Waals surface area contributed by atoms with Gasteiger partial charge in [-0.25, -0.2) is 0 Å². The zero-order valence-electron chi connectivity index (χ0n) is 23.6. The fourth-order valence-electron chi connectivity index (χ4n) is 5.80. The van der Waals surface area contributed by atoms with Crippen LogP contribution in [0.5, 0.6) is 0 Å². The fourth-order valence-corrected chi connectivity index (χ4v) is 5.80. The molecular weight excluding hydrogens is 476 g/mol. The van der Waals surface area contributed by atoms with Gasteiger partial charge in [0.05, 0.1) is 5.60 Å². The van der Waals surface area contributed by atoms with Gasteiger partial charge in [0.15, 0.2) is 11.6 Å². The van der Waals surface area contributed by atoms with Gasteiger partial charge in [-0.15, -0.1) is 0 Å². The summed E-state index contributed by atoms with van der Waals surface area (Å²) in [6.45, 7) is 15.4. The molecule has 0 heterocycles. The first-order chi connectivity index (χ1) is 17.7. The molecule has 0 unspecified atom stereocenters. The first-order valence-electron chi connectivity index (χ1n) is 13.4. The molecule has 204 valence electrons. The van der Waals surface area contributed by atoms with E-state index in [4.69, 9.17) is 0 Å². The molecule has 0 amide bonds. The quantitative estimate of drug-likeness (QED) is 0.145. The SMILES string of the molecule is C=C(C)[C@@H]1CC[C@@](C)(O)[C@H]1CC1=C(O)/C(=C(/O)c2ccccc2)C(=O)C(CC=C(C)C)(CC=C(C)C)C1=O. The van der Waals surface area contributed by atoms with E-state index < -0.39 is 28.3 Å². The molecule has 1 fully saturated rings. The van der Waals surface area contributed by atoms with E-state index in [2.05, 4.69) is 6.58 Å². The number of carbonyl (C=O) groups excluding carboxylic acids is 2. The molecule has 1 aromatic carbocycles. The van der Waals surface area contributed by atoms with Gasteiger partial charge in [-0.05, 0) is 85.5 Å². The topological polar surface area (TPSA) is 94.8 Å². The minimum Gasteiger partial charge on any atom is -0.507 e. The first kappa shape index (κ1) is 29.4. The van der Waals surface area contributed by atoms with Crippen molar-refractivity contribution in [3.05, 3.63) is 88.3 Å². The van der Waals surface area contributed by atoms with Crippen molar-refractivity contribution in [2.45, 2.75) is 79.2 Å². The molecule has 2 aliphatic carbocycles. The van der Waals surface area contributed by atoms with Gasteiger partial charge >= 0.3 is 0 Å². The lowest BCUT2D eigenvalue weighted by atomic mass is 9.63. The predicted octanol–water partition coefficient (Wildman–Crippen LogP) is 7.36. The largest absolute Gasteiger partial charge is 0.507 e. The Hall–Kier alpha value is -3.18. The molecule has 38 heavy (non-hydrogen) atoms. The van der Waals surface area contributed by atoms with Crippen molar-refractivity contribution in [3.63, 3.8) is 0 Å². The van der Waals surface area contributed by atoms with E-state index in [0.717, 1.165) is 23.1 Å². The Balaban J connectivity index is 2.32. The smallest absolute Gasteiger partial charge is 0.184 e. The molecule has 3 rings (SSSR count). The zero-order valence-corrected chi connectivity index (χ0v) is 23.6. The maximum Gasteiger partial charge on any atom is 0.184 e. The van der Waals surface area contributed by atoms with Crippen LogP contribution in [0.15, 0.2) is 82.7 Å². The molecule has 0 aromatic heterocycles. The van der Waals surface area contributed by atoms with Crippen molar-refractivity contribution >= 4 is 17.3 Å². The minimum absolute atomic E-state index is 0.0316. The zero-order chi connectivity index (χ0) is 28.4. The summed E-state index contributed by atoms with van der Waals surface area (Å²) in [7, 11) is 0. The van der Waals surface area contributed by atoms with Crippen LogP contribution >= 0.6 is 0 Å². The summed E-state index contributed by atoms with van der Waals surface area (Å²) in [6, 6.07) is 8.58. The molecule has 0 radical (unpaired) electrons. The van der Waals surface area contributed by atoms with Crippen molar-refractivity contribution in [2.75, 3.05) is 0 Å². The molecule has 0 bridgehead atoms. The lowest BCUT2D eigenvalue weighted by Crippen LogP contribution is -2.46. The molecule has 5 heteroatoms. The third-order valence-electron chi connectivity index (χ3n) is 8.20. The van der Waals surface area contributed by atoms with Crippen LogP contribution < -0.4 is 0 Å². The molecule has 3 atom stereocenters. The van der Waals surface area contributed by atoms with E-state index in [1.807, 2.05) is 46.8 Å². The lowest BCUT2D eigenvalue weighted by Gasteiger charge is -2.38. The van der Waals surface area contributed by atoms with E-state index in [1.165, 1.54) is 0 Å². The highest BCUT2D eigenvalue weighted by atomic mass is 16.3. The summed E-state index contributed by atoms with van der Waals surface area (Å²) in [5, 5.41) is 34.1. The number of benzene rings is 1. The van der Waals surface area contributed by atoms with Gasteiger partial charge < -0.3 is 15.3 Å². The number of aliphatic hydroxyl groups is 3. The van der Waals surface area contributed by atoms with E-state index in [0.29, 0.717) is 12.0 Å². The highest BCUT2D eigenvalue weighted by Crippen LogP contribution is 2.51. The monoisotopic (exact) mass is 518 g/mol. The third kappa shape index (κ3) is 5.63. The molecule has 1 aromatic rings. The summed E-state index contributed by atoms with van der Waals surface area (Å²) in [5.74, 6) is -2.27. The highest BCUT2D eigenvalue weighted by molar-refractivity contribution is 6.26. The Kier molecular flexibility index (Phi) is 8.72. The van der Waals surface area contributed by atoms with Crippen LogP contribution in [-0.2, 0) is 9.59 Å². The van der Waals surface area contributed by atoms with Gasteiger partial charge in [0, 0.05) is 11.1 Å². The molecule has 2 aliphatic rings. The second-order valence-corrected chi connectivity index (χ2v) is 11.8. The number of carbonyl (C=O) groups is 2. The second kappa shape index (κ2) is 11.3. The van der Waals surface area contributed by atoms with Gasteiger partial charge in [-0.2, -0.15) is 0 Å². The van der Waals surface area contributed by atoms with Gasteiger partial charge in [0.1, 0.15) is 22.5 Å². The molecule has 0 saturated heterocycles. The number of hydrogen-bond donors (Lipinski definition) is 3. The van der Waals surface area contributed by atoms with E-state index in [-0.39, 0.29) is 48.0 Å². The second-order valence-electron chi connectivity index (χ2n) is 11.8. The fraction of sp³-hybridized carbons (Fsp3) is 0.455. The van der Waals surface area contributed by atoms with Gasteiger partial charge in [0.2, 0.25) is 0 Å². The highest BCUT2D eigenvalue weighted by Gasteiger charge is 2.54. The number of ketones is 2. The van der Waals surface area contributed by atoms with E-state index in [1.54, 1.807) is 37.3 Å². The number of rotatable bonds is 8. The van der Waals surface area contributed by atoms with Gasteiger partial charge in [0.25, 0.3) is 0 Å². The lowest BCUT2D eigenvalue weighted by molar-refractivity contribution is -0.137. The Morgan fingerprint density at radius 3 is 2.05 bits per heavy atom. The van der Waals surface area contributed by atoms with Crippen LogP contribution in [0.4, 0.5) is 0 Å². The third-order valence-corrected chi connectivity index (χ3v) is 8.20. The normalized spacial score (nSPS) is 26.3. The van der Waals surface area contributed by atoms with E-state index >= 15 is 0 Å². The molecule has 3 N–H and O–H groups in total. The summed E-state index contributed by atoms with van der Waals surface area (Å²) in [4.78, 5) is 28.6. The Labute approximate surface area is 227 Å². The maximum absolute atomic E-state index is 14.4. The summed E-state index contributed by atoms with van der Waals surface area (Å²) < 4.78 is 0. The minimum atomic E-state index is -1.52. The average Bonchev–Trinajstić information content (AvgIpc) is 3.15. The number of allylic oxidation sites excluding steroid dienone is 7. The Bertz CT molecular complexity index is 1210. The van der Waals surface area contributed by atoms with Crippen molar-refractivity contribution < 1.29 is 24.9 Å². The molecule has 0 aliphatic heterocycles. The predicted molar refractivity (Wildman–Crippen MR) is 152 cm³/mol. The van der Waals surface area contributed by atoms with Crippen LogP contribution in [-0.4, -0.2) is 32.5 Å². The maximum atomic E-state index is 14.4. The first-order valence-corrected chi connectivity index (χ1v) is 13.4. The number of hydrogen-bond acceptors (Lipinski definition) is 5. The summed E-state index contributed by atoms with van der Waals surface area (Å²) >= 11 is 0. The number of Topliss-reactive ketones (excluding diaryl/α,β-unsaturated/α-hetero) is 2. The Morgan fingerprint density at radius 2 is 1.55 bits per heavy atom. The van der Waals surface area contributed by atoms with E-state index in [9.17, 15) is 24.9 Å². The van der Waals surface area contributed by atoms with Gasteiger partial charge in [-0.1, -0.05) is 65.8 Å². The molecule has 0 spiro atoms. The average molecular weight is 519 g/mol. The van der Waals surface area contributed by atoms with Crippen LogP contribution in [0.3, 0.4) is 0 Å². The van der Waals surface area contributed by atoms with Crippen LogP contribution in [0.2, 0.25) is 0 Å². The van der Waals surface area contributed by atoms with Crippen LogP contribution in [0, 0.1) is 17.3 Å². The summed E-state index contributed by atoms with van der Waals surface area (Å²) in [5.41, 5.74) is 0.480. The molecular formula is C33H42O5. The van der Waals surface area contributed by atoms with Gasteiger partial charge in [-0.3, -0.25) is 9.59 Å². The van der Waals surface area contributed by atoms with Crippen molar-refractivity contribution in [1.82, 2.24) is 0 Å². The van der Waals surface area contributed by atoms with Crippen molar-refractivity contribution in [3.8, 4) is 0 Å². The van der Waals surface area contributed by atoms with Crippen molar-refractivity contribution in [1.29, 1.82) is 0 Å². The van der Waals surface area contributed by atoms with Crippen LogP contribution in [0.1, 0.15) is 79.2 Å².